The molecular formula is C54H75Cl2F2IN2O14S2. The zero-order chi connectivity index (χ0) is 57.2. The normalized spacial score (nSPS) is 23.5. The van der Waals surface area contributed by atoms with Crippen LogP contribution in [0.2, 0.25) is 10.0 Å². The molecule has 0 saturated heterocycles. The zero-order valence-corrected chi connectivity index (χ0v) is 50.4. The molecule has 0 amide bonds. The Morgan fingerprint density at radius 2 is 1.14 bits per heavy atom. The predicted molar refractivity (Wildman–Crippen MR) is 301 cm³/mol. The first kappa shape index (κ1) is 65.6. The summed E-state index contributed by atoms with van der Waals surface area (Å²) in [6.45, 7) is 15.6. The lowest BCUT2D eigenvalue weighted by molar-refractivity contribution is -0.139. The highest BCUT2D eigenvalue weighted by Crippen LogP contribution is 2.39. The van der Waals surface area contributed by atoms with Crippen LogP contribution in [0.25, 0.3) is 0 Å². The lowest BCUT2D eigenvalue weighted by Gasteiger charge is -2.36. The highest BCUT2D eigenvalue weighted by molar-refractivity contribution is 14.1. The van der Waals surface area contributed by atoms with E-state index in [9.17, 15) is 44.8 Å². The van der Waals surface area contributed by atoms with Gasteiger partial charge in [0.05, 0.1) is 45.8 Å². The molecule has 0 bridgehead atoms. The number of carbonyl (C=O) groups excluding carboxylic acids is 4. The number of benzene rings is 2. The Hall–Kier alpha value is -3.93. The van der Waals surface area contributed by atoms with Gasteiger partial charge >= 0.3 is 24.2 Å². The molecule has 77 heavy (non-hydrogen) atoms. The second kappa shape index (κ2) is 31.2. The molecule has 4 aliphatic rings. The molecule has 8 atom stereocenters. The molecule has 4 aliphatic carbocycles. The molecule has 2 saturated carbocycles. The van der Waals surface area contributed by atoms with Crippen LogP contribution in [-0.4, -0.2) is 88.4 Å². The van der Waals surface area contributed by atoms with E-state index in [-0.39, 0.29) is 70.3 Å². The molecule has 2 fully saturated rings. The van der Waals surface area contributed by atoms with E-state index in [1.165, 1.54) is 18.6 Å². The van der Waals surface area contributed by atoms with Crippen LogP contribution in [0.1, 0.15) is 132 Å². The first-order valence-electron chi connectivity index (χ1n) is 26.2. The van der Waals surface area contributed by atoms with Crippen molar-refractivity contribution >= 4 is 101 Å². The van der Waals surface area contributed by atoms with Gasteiger partial charge in [0.2, 0.25) is 20.0 Å². The van der Waals surface area contributed by atoms with Crippen LogP contribution in [-0.2, 0) is 58.1 Å². The van der Waals surface area contributed by atoms with Crippen molar-refractivity contribution in [2.24, 2.45) is 35.5 Å². The van der Waals surface area contributed by atoms with Gasteiger partial charge in [0.25, 0.3) is 0 Å². The largest absolute Gasteiger partial charge is 0.510 e. The number of hydrogen-bond acceptors (Lipinski definition) is 14. The number of rotatable bonds is 17. The van der Waals surface area contributed by atoms with Crippen LogP contribution >= 0.6 is 45.8 Å². The van der Waals surface area contributed by atoms with E-state index in [2.05, 4.69) is 46.3 Å². The predicted octanol–water partition coefficient (Wildman–Crippen LogP) is 13.5. The number of ether oxygens (including phenoxy) is 6. The van der Waals surface area contributed by atoms with E-state index in [1.807, 2.05) is 22.6 Å². The minimum absolute atomic E-state index is 0.0138. The Kier molecular flexibility index (Phi) is 26.5. The Labute approximate surface area is 477 Å². The molecule has 23 heteroatoms. The van der Waals surface area contributed by atoms with Crippen LogP contribution < -0.4 is 9.03 Å². The molecule has 0 aromatic heterocycles. The summed E-state index contributed by atoms with van der Waals surface area (Å²) in [6.07, 6.45) is 10.1. The number of nitrogens with zero attached hydrogens (tertiary/aromatic N) is 1. The summed E-state index contributed by atoms with van der Waals surface area (Å²) in [5.41, 5.74) is 0.131. The molecule has 2 aromatic rings. The first-order valence-corrected chi connectivity index (χ1v) is 31.6. The van der Waals surface area contributed by atoms with Crippen molar-refractivity contribution < 1.29 is 73.2 Å². The van der Waals surface area contributed by atoms with Crippen molar-refractivity contribution in [1.29, 1.82) is 0 Å². The highest BCUT2D eigenvalue weighted by atomic mass is 127. The fourth-order valence-electron chi connectivity index (χ4n) is 10.1. The fraction of sp³-hybridized carbons (Fsp3) is 0.630. The van der Waals surface area contributed by atoms with Crippen molar-refractivity contribution in [2.45, 2.75) is 155 Å². The Morgan fingerprint density at radius 3 is 1.61 bits per heavy atom. The van der Waals surface area contributed by atoms with E-state index < -0.39 is 73.2 Å². The summed E-state index contributed by atoms with van der Waals surface area (Å²) >= 11 is 14.1. The highest BCUT2D eigenvalue weighted by Gasteiger charge is 2.42. The summed E-state index contributed by atoms with van der Waals surface area (Å²) in [6, 6.07) is 6.58. The minimum atomic E-state index is -4.36. The molecule has 16 nitrogen and oxygen atoms in total. The van der Waals surface area contributed by atoms with Gasteiger partial charge in [-0.05, 0) is 173 Å². The maximum absolute atomic E-state index is 13.9. The van der Waals surface area contributed by atoms with E-state index in [1.54, 1.807) is 26.0 Å². The molecule has 2 aromatic carbocycles. The number of sulfonamides is 2. The molecule has 0 aliphatic heterocycles. The number of halogens is 5. The van der Waals surface area contributed by atoms with Gasteiger partial charge in [-0.25, -0.2) is 49.1 Å². The number of carbonyl (C=O) groups is 4. The van der Waals surface area contributed by atoms with Gasteiger partial charge in [-0.2, -0.15) is 0 Å². The third-order valence-corrected chi connectivity index (χ3v) is 18.9. The smallest absolute Gasteiger partial charge is 0.463 e. The first-order chi connectivity index (χ1) is 36.3. The summed E-state index contributed by atoms with van der Waals surface area (Å²) in [5.74, 6) is -0.0353. The van der Waals surface area contributed by atoms with Crippen molar-refractivity contribution in [1.82, 2.24) is 0 Å². The van der Waals surface area contributed by atoms with Gasteiger partial charge in [0, 0.05) is 0 Å². The fourth-order valence-corrected chi connectivity index (χ4v) is 14.5. The van der Waals surface area contributed by atoms with Gasteiger partial charge in [0.1, 0.15) is 39.0 Å². The average Bonchev–Trinajstić information content (AvgIpc) is 3.36. The molecule has 432 valence electrons. The molecular weight excluding hydrogens is 1200 g/mol. The summed E-state index contributed by atoms with van der Waals surface area (Å²) in [5, 5.41) is -2.51. The van der Waals surface area contributed by atoms with Crippen molar-refractivity contribution in [3.8, 4) is 0 Å². The quantitative estimate of drug-likeness (QED) is 0.0514. The number of hydrogen-bond donors (Lipinski definition) is 1. The summed E-state index contributed by atoms with van der Waals surface area (Å²) < 4.78 is 115. The average molecular weight is 1280 g/mol. The Morgan fingerprint density at radius 1 is 0.675 bits per heavy atom. The van der Waals surface area contributed by atoms with Gasteiger partial charge in [-0.15, -0.1) is 0 Å². The lowest BCUT2D eigenvalue weighted by Crippen LogP contribution is -2.44. The maximum Gasteiger partial charge on any atom is 0.510 e. The number of nitrogens with one attached hydrogen (secondary N) is 1. The van der Waals surface area contributed by atoms with Crippen LogP contribution in [0.15, 0.2) is 59.7 Å². The summed E-state index contributed by atoms with van der Waals surface area (Å²) in [4.78, 5) is 48.6. The summed E-state index contributed by atoms with van der Waals surface area (Å²) in [7, 11) is -8.27. The lowest BCUT2D eigenvalue weighted by atomic mass is 9.75. The van der Waals surface area contributed by atoms with E-state index in [0.29, 0.717) is 72.7 Å². The number of esters is 2. The second-order valence-corrected chi connectivity index (χ2v) is 25.7. The molecule has 1 N–H and O–H groups in total. The van der Waals surface area contributed by atoms with Crippen LogP contribution in [0.3, 0.4) is 0 Å². The maximum atomic E-state index is 13.9. The standard InChI is InChI=1S/C27H37ClFNO7S.C15H17ClFNO4S.C12H21IO3/c1-5-35-26(31)21-8-6-7-9-25(21)38(33,34)30(23-13-11-19(29)15-22(23)28)16-36-27(32)37-24-14-18(4)10-12-20(24)17(2)3;1-2-22-15(19)11-5-3-4-6-14(11)23(20,21)18-13-8-7-10(17)9-12(13)16;1-8(2)10-5-4-9(3)6-11(10)16-12(14)15-7-13/h8,11,13,15,17-18,20,24-25H,5-7,9-10,12,14,16H2,1-4H3;5,7-9,14,18H,2-4,6H2,1H3;8-11H,4-7H2,1-3H3/t18-,20+,24-,25?;;9-,10+,11-/m1.1/s1. The molecule has 6 rings (SSSR count). The van der Waals surface area contributed by atoms with Gasteiger partial charge in [-0.1, -0.05) is 89.7 Å². The zero-order valence-electron chi connectivity index (χ0n) is 45.1. The molecule has 0 spiro atoms. The molecule has 0 heterocycles. The minimum Gasteiger partial charge on any atom is -0.463 e. The van der Waals surface area contributed by atoms with Crippen molar-refractivity contribution in [3.05, 3.63) is 81.4 Å². The molecule has 0 radical (unpaired) electrons. The van der Waals surface area contributed by atoms with E-state index in [0.717, 1.165) is 54.3 Å². The van der Waals surface area contributed by atoms with E-state index in [4.69, 9.17) is 51.6 Å². The van der Waals surface area contributed by atoms with E-state index >= 15 is 0 Å². The van der Waals surface area contributed by atoms with Gasteiger partial charge in [0.15, 0.2) is 6.73 Å². The second-order valence-electron chi connectivity index (χ2n) is 20.4. The number of alkyl halides is 1. The Balaban J connectivity index is 0.000000277. The third-order valence-electron chi connectivity index (χ3n) is 14.1. The van der Waals surface area contributed by atoms with Crippen molar-refractivity contribution in [2.75, 3.05) is 33.6 Å². The molecule has 2 unspecified atom stereocenters. The van der Waals surface area contributed by atoms with Crippen LogP contribution in [0.4, 0.5) is 29.7 Å². The number of allylic oxidation sites excluding steroid dienone is 2. The topological polar surface area (TPSA) is 207 Å². The van der Waals surface area contributed by atoms with Gasteiger partial charge in [-0.3, -0.25) is 4.72 Å². The van der Waals surface area contributed by atoms with Crippen LogP contribution in [0.5, 0.6) is 0 Å². The monoisotopic (exact) mass is 1270 g/mol. The van der Waals surface area contributed by atoms with Crippen molar-refractivity contribution in [3.63, 3.8) is 0 Å². The number of anilines is 2. The SMILES string of the molecule is CC(C)[C@@H]1CC[C@@H](C)C[C@H]1OC(=O)OCI.CCOC(=O)C1=CCCCC1S(=O)(=O)N(COC(=O)O[C@@H]1C[C@H](C)CC[C@H]1C(C)C)c1ccc(F)cc1Cl.CCOC(=O)C1=CCCCC1S(=O)(=O)Nc1ccc(F)cc1Cl. The Bertz CT molecular complexity index is 2610. The van der Waals surface area contributed by atoms with Crippen LogP contribution in [0, 0.1) is 47.1 Å². The van der Waals surface area contributed by atoms with Gasteiger partial charge < -0.3 is 28.4 Å². The third kappa shape index (κ3) is 19.4.